The van der Waals surface area contributed by atoms with Crippen LogP contribution in [0.2, 0.25) is 0 Å². The van der Waals surface area contributed by atoms with Crippen LogP contribution in [0.4, 0.5) is 23.7 Å². The van der Waals surface area contributed by atoms with E-state index in [1.54, 1.807) is 17.4 Å². The minimum Gasteiger partial charge on any atom is -0.379 e. The highest BCUT2D eigenvalue weighted by Gasteiger charge is 2.28. The summed E-state index contributed by atoms with van der Waals surface area (Å²) in [5.74, 6) is -1.16. The van der Waals surface area contributed by atoms with Crippen molar-refractivity contribution >= 4 is 23.5 Å². The molecule has 4 N–H and O–H groups in total. The Morgan fingerprint density at radius 1 is 1.10 bits per heavy atom. The Balaban J connectivity index is 2.62. The van der Waals surface area contributed by atoms with Crippen molar-refractivity contribution in [1.82, 2.24) is 10.6 Å². The summed E-state index contributed by atoms with van der Waals surface area (Å²) >= 11 is 0. The minimum absolute atomic E-state index is 0.0890. The maximum Gasteiger partial charge on any atom is 0.405 e. The Labute approximate surface area is 166 Å². The van der Waals surface area contributed by atoms with Gasteiger partial charge in [0.05, 0.1) is 6.61 Å². The van der Waals surface area contributed by atoms with E-state index in [1.165, 1.54) is 7.11 Å². The second-order valence-corrected chi connectivity index (χ2v) is 6.49. The largest absolute Gasteiger partial charge is 0.405 e. The van der Waals surface area contributed by atoms with Crippen molar-refractivity contribution < 1.29 is 37.2 Å². The van der Waals surface area contributed by atoms with E-state index >= 15 is 0 Å². The third-order valence-electron chi connectivity index (χ3n) is 4.06. The lowest BCUT2D eigenvalue weighted by atomic mass is 10.1. The molecule has 0 aliphatic heterocycles. The molecule has 0 saturated heterocycles. The van der Waals surface area contributed by atoms with Crippen molar-refractivity contribution in [2.45, 2.75) is 20.0 Å². The number of carbonyl (C=O) groups excluding carboxylic acids is 3. The fraction of sp³-hybridized carbons (Fsp3) is 0.500. The van der Waals surface area contributed by atoms with Crippen molar-refractivity contribution in [3.63, 3.8) is 0 Å². The van der Waals surface area contributed by atoms with Crippen LogP contribution in [0.1, 0.15) is 11.1 Å². The van der Waals surface area contributed by atoms with Gasteiger partial charge in [-0.3, -0.25) is 14.9 Å². The van der Waals surface area contributed by atoms with Crippen LogP contribution in [-0.2, 0) is 14.3 Å². The highest BCUT2D eigenvalue weighted by molar-refractivity contribution is 5.95. The summed E-state index contributed by atoms with van der Waals surface area (Å²) < 4.78 is 41.2. The smallest absolute Gasteiger partial charge is 0.379 e. The van der Waals surface area contributed by atoms with Crippen molar-refractivity contribution in [3.8, 4) is 0 Å². The second-order valence-electron chi connectivity index (χ2n) is 6.49. The highest BCUT2D eigenvalue weighted by atomic mass is 19.4. The molecule has 29 heavy (non-hydrogen) atoms. The van der Waals surface area contributed by atoms with E-state index in [2.05, 4.69) is 5.32 Å². The van der Waals surface area contributed by atoms with Crippen LogP contribution in [-0.4, -0.2) is 63.9 Å². The number of nitrogens with one attached hydrogen (secondary N) is 4. The molecule has 0 saturated carbocycles. The Kier molecular flexibility index (Phi) is 9.56. The number of ether oxygens (including phenoxy) is 1. The molecule has 11 heteroatoms. The number of anilines is 1. The molecule has 1 unspecified atom stereocenters. The number of methoxy groups -OCH3 is 1. The van der Waals surface area contributed by atoms with Gasteiger partial charge in [-0.15, -0.1) is 0 Å². The van der Waals surface area contributed by atoms with E-state index in [-0.39, 0.29) is 32.1 Å². The summed E-state index contributed by atoms with van der Waals surface area (Å²) in [5, 5.41) is 6.13. The van der Waals surface area contributed by atoms with Gasteiger partial charge in [-0.1, -0.05) is 12.1 Å². The number of imide groups is 1. The summed E-state index contributed by atoms with van der Waals surface area (Å²) in [7, 11) is 1.46. The zero-order valence-electron chi connectivity index (χ0n) is 16.5. The number of hydrogen-bond acceptors (Lipinski definition) is 4. The Morgan fingerprint density at radius 3 is 2.38 bits per heavy atom. The first-order valence-corrected chi connectivity index (χ1v) is 8.85. The SMILES string of the molecule is COCC[NH+](CC(=O)NC(=O)NCC(F)(F)F)CC(=O)Nc1cccc(C)c1C. The van der Waals surface area contributed by atoms with Crippen molar-refractivity contribution in [1.29, 1.82) is 0 Å². The molecule has 1 atom stereocenters. The van der Waals surface area contributed by atoms with E-state index in [1.807, 2.05) is 25.2 Å². The number of hydrogen-bond donors (Lipinski definition) is 4. The molecule has 0 aromatic heterocycles. The fourth-order valence-electron chi connectivity index (χ4n) is 2.42. The Hall–Kier alpha value is -2.66. The average Bonchev–Trinajstić information content (AvgIpc) is 2.61. The molecular weight excluding hydrogens is 393 g/mol. The quantitative estimate of drug-likeness (QED) is 0.458. The topological polar surface area (TPSA) is 101 Å². The molecule has 8 nitrogen and oxygen atoms in total. The number of rotatable bonds is 9. The van der Waals surface area contributed by atoms with Gasteiger partial charge in [0.25, 0.3) is 11.8 Å². The number of urea groups is 1. The zero-order chi connectivity index (χ0) is 22.0. The highest BCUT2D eigenvalue weighted by Crippen LogP contribution is 2.17. The molecule has 162 valence electrons. The number of quaternary nitrogens is 1. The van der Waals surface area contributed by atoms with Crippen LogP contribution in [0.5, 0.6) is 0 Å². The number of benzene rings is 1. The molecule has 0 aliphatic carbocycles. The van der Waals surface area contributed by atoms with Crippen molar-refractivity contribution in [2.75, 3.05) is 45.2 Å². The predicted molar refractivity (Wildman–Crippen MR) is 99.6 cm³/mol. The number of carbonyl (C=O) groups is 3. The number of aryl methyl sites for hydroxylation is 1. The second kappa shape index (κ2) is 11.4. The molecule has 0 bridgehead atoms. The van der Waals surface area contributed by atoms with Gasteiger partial charge in [0.15, 0.2) is 13.1 Å². The molecule has 0 heterocycles. The van der Waals surface area contributed by atoms with Crippen LogP contribution < -0.4 is 20.9 Å². The fourth-order valence-corrected chi connectivity index (χ4v) is 2.42. The van der Waals surface area contributed by atoms with Crippen LogP contribution in [0.25, 0.3) is 0 Å². The van der Waals surface area contributed by atoms with Gasteiger partial charge in [-0.2, -0.15) is 13.2 Å². The van der Waals surface area contributed by atoms with Gasteiger partial charge >= 0.3 is 12.2 Å². The predicted octanol–water partition coefficient (Wildman–Crippen LogP) is 0.161. The monoisotopic (exact) mass is 419 g/mol. The molecule has 0 fully saturated rings. The zero-order valence-corrected chi connectivity index (χ0v) is 16.5. The van der Waals surface area contributed by atoms with Crippen LogP contribution in [0, 0.1) is 13.8 Å². The number of alkyl halides is 3. The minimum atomic E-state index is -4.58. The van der Waals surface area contributed by atoms with Crippen LogP contribution in [0.3, 0.4) is 0 Å². The van der Waals surface area contributed by atoms with Gasteiger partial charge in [-0.25, -0.2) is 4.79 Å². The summed E-state index contributed by atoms with van der Waals surface area (Å²) in [5.41, 5.74) is 2.58. The molecule has 0 spiro atoms. The first-order chi connectivity index (χ1) is 13.5. The summed E-state index contributed by atoms with van der Waals surface area (Å²) in [4.78, 5) is 36.2. The molecule has 4 amide bonds. The molecule has 0 aliphatic rings. The van der Waals surface area contributed by atoms with E-state index in [9.17, 15) is 27.6 Å². The van der Waals surface area contributed by atoms with E-state index < -0.39 is 24.7 Å². The maximum atomic E-state index is 12.4. The lowest BCUT2D eigenvalue weighted by Gasteiger charge is -2.19. The first kappa shape index (κ1) is 24.4. The Morgan fingerprint density at radius 2 is 1.76 bits per heavy atom. The molecule has 1 aromatic rings. The lowest BCUT2D eigenvalue weighted by Crippen LogP contribution is -3.14. The van der Waals surface area contributed by atoms with Crippen LogP contribution >= 0.6 is 0 Å². The standard InChI is InChI=1S/C18H25F3N4O4/c1-12-5-4-6-14(13(12)2)23-15(26)9-25(7-8-29-3)10-16(27)24-17(28)22-11-18(19,20)21/h4-6H,7-11H2,1-3H3,(H,23,26)(H2,22,24,27,28)/p+1. The summed E-state index contributed by atoms with van der Waals surface area (Å²) in [6, 6.07) is 4.22. The van der Waals surface area contributed by atoms with Crippen molar-refractivity contribution in [2.24, 2.45) is 0 Å². The van der Waals surface area contributed by atoms with Gasteiger partial charge in [0.1, 0.15) is 13.1 Å². The Bertz CT molecular complexity index is 726. The first-order valence-electron chi connectivity index (χ1n) is 8.85. The number of amides is 4. The molecule has 1 rings (SSSR count). The third kappa shape index (κ3) is 9.90. The normalized spacial score (nSPS) is 12.2. The van der Waals surface area contributed by atoms with Gasteiger partial charge in [-0.05, 0) is 31.0 Å². The van der Waals surface area contributed by atoms with E-state index in [4.69, 9.17) is 4.74 Å². The molecule has 0 radical (unpaired) electrons. The van der Waals surface area contributed by atoms with E-state index in [0.717, 1.165) is 11.1 Å². The molecule has 1 aromatic carbocycles. The molecular formula is C18H26F3N4O4+. The number of halogens is 3. The van der Waals surface area contributed by atoms with Crippen molar-refractivity contribution in [3.05, 3.63) is 29.3 Å². The third-order valence-corrected chi connectivity index (χ3v) is 4.06. The van der Waals surface area contributed by atoms with E-state index in [0.29, 0.717) is 10.6 Å². The van der Waals surface area contributed by atoms with Gasteiger partial charge < -0.3 is 20.3 Å². The summed E-state index contributed by atoms with van der Waals surface area (Å²) in [6.07, 6.45) is -4.58. The lowest BCUT2D eigenvalue weighted by molar-refractivity contribution is -0.884. The van der Waals surface area contributed by atoms with Gasteiger partial charge in [0, 0.05) is 12.8 Å². The van der Waals surface area contributed by atoms with Gasteiger partial charge in [0.2, 0.25) is 0 Å². The average molecular weight is 419 g/mol. The van der Waals surface area contributed by atoms with Crippen LogP contribution in [0.15, 0.2) is 18.2 Å². The summed E-state index contributed by atoms with van der Waals surface area (Å²) in [6.45, 7) is 2.39. The maximum absolute atomic E-state index is 12.4.